The molecule has 0 spiro atoms. The van der Waals surface area contributed by atoms with E-state index in [1.165, 1.54) is 6.92 Å². The molecular weight excluding hydrogens is 178 g/mol. The Morgan fingerprint density at radius 1 is 1.71 bits per heavy atom. The molecule has 0 aliphatic heterocycles. The van der Waals surface area contributed by atoms with E-state index in [4.69, 9.17) is 0 Å². The molecule has 78 valence electrons. The molecule has 2 unspecified atom stereocenters. The van der Waals surface area contributed by atoms with Gasteiger partial charge in [-0.05, 0) is 31.4 Å². The lowest BCUT2D eigenvalue weighted by molar-refractivity contribution is -0.119. The third-order valence-corrected chi connectivity index (χ3v) is 2.42. The summed E-state index contributed by atoms with van der Waals surface area (Å²) in [6.45, 7) is 5.35. The van der Waals surface area contributed by atoms with Crippen molar-refractivity contribution in [2.75, 3.05) is 0 Å². The van der Waals surface area contributed by atoms with Gasteiger partial charge in [0.1, 0.15) is 0 Å². The molecule has 0 aromatic heterocycles. The van der Waals surface area contributed by atoms with E-state index in [2.05, 4.69) is 5.32 Å². The fourth-order valence-electron chi connectivity index (χ4n) is 1.54. The van der Waals surface area contributed by atoms with Crippen molar-refractivity contribution in [3.63, 3.8) is 0 Å². The summed E-state index contributed by atoms with van der Waals surface area (Å²) in [6, 6.07) is 0.0231. The molecule has 0 bridgehead atoms. The molecule has 0 saturated carbocycles. The van der Waals surface area contributed by atoms with Crippen LogP contribution in [-0.2, 0) is 4.79 Å². The highest BCUT2D eigenvalue weighted by atomic mass is 16.3. The van der Waals surface area contributed by atoms with Crippen LogP contribution in [0.3, 0.4) is 0 Å². The third kappa shape index (κ3) is 2.70. The van der Waals surface area contributed by atoms with Gasteiger partial charge in [-0.25, -0.2) is 0 Å². The average Bonchev–Trinajstić information content (AvgIpc) is 2.08. The minimum atomic E-state index is -0.358. The summed E-state index contributed by atoms with van der Waals surface area (Å²) in [6.07, 6.45) is 4.19. The van der Waals surface area contributed by atoms with E-state index in [0.29, 0.717) is 6.42 Å². The lowest BCUT2D eigenvalue weighted by Crippen LogP contribution is -2.32. The van der Waals surface area contributed by atoms with Gasteiger partial charge in [-0.1, -0.05) is 12.2 Å². The zero-order valence-electron chi connectivity index (χ0n) is 8.87. The zero-order chi connectivity index (χ0) is 10.7. The minimum absolute atomic E-state index is 0.0231. The molecule has 0 radical (unpaired) electrons. The fourth-order valence-corrected chi connectivity index (χ4v) is 1.54. The van der Waals surface area contributed by atoms with Crippen molar-refractivity contribution in [2.24, 2.45) is 0 Å². The number of carbonyl (C=O) groups is 1. The molecule has 0 fully saturated rings. The number of carbonyl (C=O) groups excluding carboxylic acids is 1. The van der Waals surface area contributed by atoms with Crippen LogP contribution in [-0.4, -0.2) is 23.2 Å². The van der Waals surface area contributed by atoms with E-state index >= 15 is 0 Å². The van der Waals surface area contributed by atoms with Crippen molar-refractivity contribution >= 4 is 5.91 Å². The predicted molar refractivity (Wildman–Crippen MR) is 55.7 cm³/mol. The largest absolute Gasteiger partial charge is 0.388 e. The molecule has 0 saturated heterocycles. The summed E-state index contributed by atoms with van der Waals surface area (Å²) in [5.41, 5.74) is 2.03. The van der Waals surface area contributed by atoms with Crippen molar-refractivity contribution in [1.82, 2.24) is 5.32 Å². The van der Waals surface area contributed by atoms with Gasteiger partial charge >= 0.3 is 0 Å². The topological polar surface area (TPSA) is 49.3 Å². The normalized spacial score (nSPS) is 23.6. The highest BCUT2D eigenvalue weighted by Crippen LogP contribution is 2.19. The van der Waals surface area contributed by atoms with Crippen molar-refractivity contribution in [3.8, 4) is 0 Å². The SMILES string of the molecule is CC(=O)NC(C)C1=CCC(O)C(C)=C1. The Kier molecular flexibility index (Phi) is 3.47. The third-order valence-electron chi connectivity index (χ3n) is 2.42. The van der Waals surface area contributed by atoms with E-state index in [0.717, 1.165) is 11.1 Å². The van der Waals surface area contributed by atoms with Gasteiger partial charge in [-0.2, -0.15) is 0 Å². The van der Waals surface area contributed by atoms with Gasteiger partial charge in [0.05, 0.1) is 12.1 Å². The number of hydrogen-bond acceptors (Lipinski definition) is 2. The molecule has 1 aliphatic carbocycles. The van der Waals surface area contributed by atoms with E-state index in [9.17, 15) is 9.90 Å². The molecule has 3 heteroatoms. The number of amides is 1. The zero-order valence-corrected chi connectivity index (χ0v) is 8.87. The molecule has 3 nitrogen and oxygen atoms in total. The first-order chi connectivity index (χ1) is 6.50. The van der Waals surface area contributed by atoms with Crippen LogP contribution in [0, 0.1) is 0 Å². The molecular formula is C11H17NO2. The van der Waals surface area contributed by atoms with Crippen LogP contribution in [0.5, 0.6) is 0 Å². The van der Waals surface area contributed by atoms with Crippen LogP contribution in [0.1, 0.15) is 27.2 Å². The van der Waals surface area contributed by atoms with Crippen LogP contribution in [0.25, 0.3) is 0 Å². The second kappa shape index (κ2) is 4.42. The molecule has 1 rings (SSSR count). The van der Waals surface area contributed by atoms with E-state index in [1.54, 1.807) is 0 Å². The molecule has 1 amide bonds. The van der Waals surface area contributed by atoms with Crippen molar-refractivity contribution in [1.29, 1.82) is 0 Å². The quantitative estimate of drug-likeness (QED) is 0.694. The lowest BCUT2D eigenvalue weighted by atomic mass is 9.94. The number of aliphatic hydroxyl groups is 1. The Morgan fingerprint density at radius 3 is 2.86 bits per heavy atom. The van der Waals surface area contributed by atoms with Crippen molar-refractivity contribution in [2.45, 2.75) is 39.3 Å². The first-order valence-corrected chi connectivity index (χ1v) is 4.84. The summed E-state index contributed by atoms with van der Waals surface area (Å²) < 4.78 is 0. The molecule has 2 N–H and O–H groups in total. The minimum Gasteiger partial charge on any atom is -0.388 e. The van der Waals surface area contributed by atoms with Crippen molar-refractivity contribution < 1.29 is 9.90 Å². The molecule has 1 aliphatic rings. The summed E-state index contributed by atoms with van der Waals surface area (Å²) in [5.74, 6) is -0.0319. The van der Waals surface area contributed by atoms with Crippen LogP contribution in [0.4, 0.5) is 0 Å². The lowest BCUT2D eigenvalue weighted by Gasteiger charge is -2.21. The molecule has 0 heterocycles. The summed E-state index contributed by atoms with van der Waals surface area (Å²) in [5, 5.41) is 12.3. The van der Waals surface area contributed by atoms with Gasteiger partial charge in [-0.15, -0.1) is 0 Å². The fraction of sp³-hybridized carbons (Fsp3) is 0.545. The molecule has 0 aromatic carbocycles. The maximum atomic E-state index is 10.8. The smallest absolute Gasteiger partial charge is 0.217 e. The molecule has 0 aromatic rings. The number of nitrogens with one attached hydrogen (secondary N) is 1. The number of aliphatic hydroxyl groups excluding tert-OH is 1. The van der Waals surface area contributed by atoms with E-state index in [1.807, 2.05) is 26.0 Å². The van der Waals surface area contributed by atoms with Gasteiger partial charge < -0.3 is 10.4 Å². The van der Waals surface area contributed by atoms with E-state index in [-0.39, 0.29) is 18.1 Å². The van der Waals surface area contributed by atoms with Gasteiger partial charge in [0.25, 0.3) is 0 Å². The van der Waals surface area contributed by atoms with Gasteiger partial charge in [0.2, 0.25) is 5.91 Å². The predicted octanol–water partition coefficient (Wildman–Crippen LogP) is 1.15. The van der Waals surface area contributed by atoms with Gasteiger partial charge in [0, 0.05) is 6.92 Å². The highest BCUT2D eigenvalue weighted by Gasteiger charge is 2.15. The first-order valence-electron chi connectivity index (χ1n) is 4.84. The monoisotopic (exact) mass is 195 g/mol. The summed E-state index contributed by atoms with van der Waals surface area (Å²) in [7, 11) is 0. The molecule has 14 heavy (non-hydrogen) atoms. The van der Waals surface area contributed by atoms with Crippen LogP contribution >= 0.6 is 0 Å². The summed E-state index contributed by atoms with van der Waals surface area (Å²) >= 11 is 0. The second-order valence-corrected chi connectivity index (χ2v) is 3.77. The Hall–Kier alpha value is -1.09. The van der Waals surface area contributed by atoms with Gasteiger partial charge in [0.15, 0.2) is 0 Å². The maximum Gasteiger partial charge on any atom is 0.217 e. The summed E-state index contributed by atoms with van der Waals surface area (Å²) in [4.78, 5) is 10.8. The van der Waals surface area contributed by atoms with E-state index < -0.39 is 0 Å². The highest BCUT2D eigenvalue weighted by molar-refractivity contribution is 5.73. The second-order valence-electron chi connectivity index (χ2n) is 3.77. The molecule has 2 atom stereocenters. The maximum absolute atomic E-state index is 10.8. The Labute approximate surface area is 84.5 Å². The Morgan fingerprint density at radius 2 is 2.36 bits per heavy atom. The van der Waals surface area contributed by atoms with Crippen LogP contribution in [0.2, 0.25) is 0 Å². The Bertz CT molecular complexity index is 292. The van der Waals surface area contributed by atoms with Crippen molar-refractivity contribution in [3.05, 3.63) is 23.3 Å². The number of hydrogen-bond donors (Lipinski definition) is 2. The number of rotatable bonds is 2. The Balaban J connectivity index is 2.66. The van der Waals surface area contributed by atoms with Crippen LogP contribution in [0.15, 0.2) is 23.3 Å². The first kappa shape index (κ1) is 11.0. The van der Waals surface area contributed by atoms with Gasteiger partial charge in [-0.3, -0.25) is 4.79 Å². The van der Waals surface area contributed by atoms with Crippen LogP contribution < -0.4 is 5.32 Å². The standard InChI is InChI=1S/C11H17NO2/c1-7-6-10(4-5-11(7)14)8(2)12-9(3)13/h4,6,8,11,14H,5H2,1-3H3,(H,12,13). The average molecular weight is 195 g/mol.